The second kappa shape index (κ2) is 8.13. The Hall–Kier alpha value is -3.38. The molecule has 0 bridgehead atoms. The molecule has 2 aliphatic heterocycles. The topological polar surface area (TPSA) is 80.0 Å². The van der Waals surface area contributed by atoms with Crippen molar-refractivity contribution in [2.45, 2.75) is 38.4 Å². The van der Waals surface area contributed by atoms with Crippen LogP contribution in [0.1, 0.15) is 24.8 Å². The minimum atomic E-state index is -4.52. The summed E-state index contributed by atoms with van der Waals surface area (Å²) < 4.78 is 66.0. The maximum Gasteiger partial charge on any atom is 0.416 e. The lowest BCUT2D eigenvalue weighted by Gasteiger charge is -2.38. The summed E-state index contributed by atoms with van der Waals surface area (Å²) in [6, 6.07) is 1.78. The molecule has 0 aliphatic carbocycles. The Morgan fingerprint density at radius 2 is 1.76 bits per heavy atom. The van der Waals surface area contributed by atoms with E-state index in [1.807, 2.05) is 4.90 Å². The van der Waals surface area contributed by atoms with Gasteiger partial charge in [-0.1, -0.05) is 0 Å². The summed E-state index contributed by atoms with van der Waals surface area (Å²) in [6.45, 7) is 0.655. The van der Waals surface area contributed by atoms with E-state index in [0.717, 1.165) is 23.0 Å². The third-order valence-corrected chi connectivity index (χ3v) is 6.55. The van der Waals surface area contributed by atoms with Crippen LogP contribution in [0.25, 0.3) is 11.2 Å². The van der Waals surface area contributed by atoms with Crippen molar-refractivity contribution < 1.29 is 26.7 Å². The van der Waals surface area contributed by atoms with E-state index >= 15 is 0 Å². The number of amides is 1. The first-order chi connectivity index (χ1) is 16.2. The van der Waals surface area contributed by atoms with Crippen LogP contribution in [0.4, 0.5) is 33.6 Å². The smallest absolute Gasteiger partial charge is 0.355 e. The number of carbonyl (C=O) groups excluding carboxylic acids is 1. The Bertz CT molecular complexity index is 1220. The van der Waals surface area contributed by atoms with E-state index in [1.165, 1.54) is 11.1 Å². The molecule has 0 atom stereocenters. The monoisotopic (exact) mass is 481 g/mol. The summed E-state index contributed by atoms with van der Waals surface area (Å²) in [5.74, 6) is 0.276. The van der Waals surface area contributed by atoms with Gasteiger partial charge in [-0.15, -0.1) is 0 Å². The van der Waals surface area contributed by atoms with Crippen LogP contribution in [-0.2, 0) is 17.5 Å². The highest BCUT2D eigenvalue weighted by Gasteiger charge is 2.49. The van der Waals surface area contributed by atoms with Gasteiger partial charge in [0.1, 0.15) is 23.7 Å². The molecule has 180 valence electrons. The fourth-order valence-electron chi connectivity index (χ4n) is 4.67. The number of carbonyl (C=O) groups is 1. The van der Waals surface area contributed by atoms with Crippen molar-refractivity contribution >= 4 is 28.7 Å². The van der Waals surface area contributed by atoms with Crippen LogP contribution in [0, 0.1) is 5.41 Å². The second-order valence-corrected chi connectivity index (χ2v) is 8.53. The Balaban J connectivity index is 1.31. The van der Waals surface area contributed by atoms with E-state index in [1.54, 1.807) is 6.20 Å². The number of halogens is 5. The van der Waals surface area contributed by atoms with Crippen molar-refractivity contribution in [1.29, 1.82) is 0 Å². The maximum atomic E-state index is 13.2. The van der Waals surface area contributed by atoms with Crippen LogP contribution in [0.2, 0.25) is 0 Å². The molecule has 0 saturated carbocycles. The number of fused-ring (bicyclic) bond motifs is 1. The molecule has 0 unspecified atom stereocenters. The fraction of sp³-hybridized carbons (Fsp3) is 0.476. The minimum absolute atomic E-state index is 0.00254. The van der Waals surface area contributed by atoms with Crippen LogP contribution in [0.15, 0.2) is 30.7 Å². The van der Waals surface area contributed by atoms with Gasteiger partial charge in [0.25, 0.3) is 6.43 Å². The van der Waals surface area contributed by atoms with Crippen LogP contribution >= 0.6 is 0 Å². The predicted molar refractivity (Wildman–Crippen MR) is 111 cm³/mol. The summed E-state index contributed by atoms with van der Waals surface area (Å²) in [7, 11) is 0. The summed E-state index contributed by atoms with van der Waals surface area (Å²) in [6.07, 6.45) is -1.62. The molecule has 2 aliphatic rings. The molecule has 8 nitrogen and oxygen atoms in total. The number of aromatic nitrogens is 5. The predicted octanol–water partition coefficient (Wildman–Crippen LogP) is 3.53. The number of hydrogen-bond donors (Lipinski definition) is 0. The van der Waals surface area contributed by atoms with E-state index in [0.29, 0.717) is 50.2 Å². The van der Waals surface area contributed by atoms with Crippen molar-refractivity contribution in [1.82, 2.24) is 24.7 Å². The van der Waals surface area contributed by atoms with E-state index in [9.17, 15) is 26.7 Å². The van der Waals surface area contributed by atoms with Crippen LogP contribution < -0.4 is 9.80 Å². The average Bonchev–Trinajstić information content (AvgIpc) is 3.34. The quantitative estimate of drug-likeness (QED) is 0.531. The van der Waals surface area contributed by atoms with Crippen molar-refractivity contribution in [3.8, 4) is 0 Å². The van der Waals surface area contributed by atoms with Gasteiger partial charge >= 0.3 is 6.18 Å². The van der Waals surface area contributed by atoms with Crippen LogP contribution in [0.5, 0.6) is 0 Å². The standard InChI is InChI=1S/C21H20F5N7O/c22-15(23)12-33-18-14(10-29-33)28-11-17(30-18)31-6-2-20(3-7-31)4-8-32(19(20)34)16-9-13(1-5-27-16)21(24,25)26/h1,5,9-11,15H,2-4,6-8,12H2. The van der Waals surface area contributed by atoms with Crippen molar-refractivity contribution in [3.63, 3.8) is 0 Å². The van der Waals surface area contributed by atoms with Gasteiger partial charge < -0.3 is 4.90 Å². The largest absolute Gasteiger partial charge is 0.416 e. The first-order valence-electron chi connectivity index (χ1n) is 10.7. The Morgan fingerprint density at radius 1 is 1.03 bits per heavy atom. The number of hydrogen-bond acceptors (Lipinski definition) is 6. The third kappa shape index (κ3) is 3.92. The highest BCUT2D eigenvalue weighted by molar-refractivity contribution is 5.99. The summed E-state index contributed by atoms with van der Waals surface area (Å²) >= 11 is 0. The summed E-state index contributed by atoms with van der Waals surface area (Å²) in [5.41, 5.74) is -0.854. The summed E-state index contributed by atoms with van der Waals surface area (Å²) in [4.78, 5) is 29.2. The van der Waals surface area contributed by atoms with Gasteiger partial charge in [0, 0.05) is 25.8 Å². The molecule has 0 radical (unpaired) electrons. The van der Waals surface area contributed by atoms with Gasteiger partial charge in [-0.05, 0) is 31.4 Å². The van der Waals surface area contributed by atoms with Gasteiger partial charge in [-0.25, -0.2) is 28.4 Å². The normalized spacial score (nSPS) is 18.6. The molecule has 2 saturated heterocycles. The minimum Gasteiger partial charge on any atom is -0.355 e. The van der Waals surface area contributed by atoms with Gasteiger partial charge in [-0.2, -0.15) is 18.3 Å². The van der Waals surface area contributed by atoms with E-state index in [4.69, 9.17) is 0 Å². The molecule has 5 heterocycles. The summed E-state index contributed by atoms with van der Waals surface area (Å²) in [5, 5.41) is 3.91. The van der Waals surface area contributed by atoms with Crippen molar-refractivity contribution in [2.75, 3.05) is 29.4 Å². The van der Waals surface area contributed by atoms with E-state index in [-0.39, 0.29) is 17.4 Å². The van der Waals surface area contributed by atoms with Gasteiger partial charge in [0.15, 0.2) is 5.65 Å². The number of alkyl halides is 5. The maximum absolute atomic E-state index is 13.2. The Labute approximate surface area is 190 Å². The van der Waals surface area contributed by atoms with Gasteiger partial charge in [-0.3, -0.25) is 9.69 Å². The van der Waals surface area contributed by atoms with Crippen molar-refractivity contribution in [3.05, 3.63) is 36.3 Å². The highest BCUT2D eigenvalue weighted by atomic mass is 19.4. The van der Waals surface area contributed by atoms with E-state index in [2.05, 4.69) is 20.1 Å². The molecular formula is C21H20F5N7O. The molecule has 1 spiro atoms. The molecule has 3 aromatic rings. The van der Waals surface area contributed by atoms with E-state index < -0.39 is 30.1 Å². The molecule has 34 heavy (non-hydrogen) atoms. The Morgan fingerprint density at radius 3 is 2.47 bits per heavy atom. The zero-order chi connectivity index (χ0) is 24.1. The second-order valence-electron chi connectivity index (χ2n) is 8.53. The number of pyridine rings is 1. The first kappa shape index (κ1) is 22.4. The molecule has 0 N–H and O–H groups in total. The number of nitrogens with zero attached hydrogens (tertiary/aromatic N) is 7. The number of rotatable bonds is 4. The number of anilines is 2. The van der Waals surface area contributed by atoms with Gasteiger partial charge in [0.2, 0.25) is 5.91 Å². The highest BCUT2D eigenvalue weighted by Crippen LogP contribution is 2.44. The van der Waals surface area contributed by atoms with Crippen molar-refractivity contribution in [2.24, 2.45) is 5.41 Å². The molecule has 1 amide bonds. The molecule has 13 heteroatoms. The number of piperidine rings is 1. The zero-order valence-electron chi connectivity index (χ0n) is 17.8. The molecule has 3 aromatic heterocycles. The molecule has 2 fully saturated rings. The molecular weight excluding hydrogens is 461 g/mol. The lowest BCUT2D eigenvalue weighted by molar-refractivity contribution is -0.137. The molecule has 5 rings (SSSR count). The lowest BCUT2D eigenvalue weighted by atomic mass is 9.77. The average molecular weight is 481 g/mol. The van der Waals surface area contributed by atoms with Crippen LogP contribution in [-0.4, -0.2) is 56.7 Å². The SMILES string of the molecule is O=C1N(c2cc(C(F)(F)F)ccn2)CCC12CCN(c1cnc3cnn(CC(F)F)c3n1)CC2. The lowest BCUT2D eigenvalue weighted by Crippen LogP contribution is -2.45. The van der Waals surface area contributed by atoms with Crippen LogP contribution in [0.3, 0.4) is 0 Å². The third-order valence-electron chi connectivity index (χ3n) is 6.55. The fourth-order valence-corrected chi connectivity index (χ4v) is 4.67. The first-order valence-corrected chi connectivity index (χ1v) is 10.7. The zero-order valence-corrected chi connectivity index (χ0v) is 17.8. The molecule has 0 aromatic carbocycles. The Kier molecular flexibility index (Phi) is 5.36. The van der Waals surface area contributed by atoms with Gasteiger partial charge in [0.05, 0.1) is 23.4 Å².